The number of hydrogen-bond donors (Lipinski definition) is 0. The van der Waals surface area contributed by atoms with Crippen molar-refractivity contribution in [1.82, 2.24) is 4.98 Å². The summed E-state index contributed by atoms with van der Waals surface area (Å²) in [5, 5.41) is 13.3. The molecule has 0 saturated carbocycles. The van der Waals surface area contributed by atoms with Crippen LogP contribution in [0.4, 0.5) is 5.13 Å². The molecule has 0 radical (unpaired) electrons. The zero-order valence-corrected chi connectivity index (χ0v) is 5.54. The summed E-state index contributed by atoms with van der Waals surface area (Å²) in [4.78, 5) is 6.17. The van der Waals surface area contributed by atoms with Gasteiger partial charge in [-0.05, 0) is 10.6 Å². The van der Waals surface area contributed by atoms with Crippen molar-refractivity contribution in [2.24, 2.45) is 5.11 Å². The molecule has 5 nitrogen and oxygen atoms in total. The van der Waals surface area contributed by atoms with E-state index in [9.17, 15) is 0 Å². The van der Waals surface area contributed by atoms with Crippen molar-refractivity contribution < 1.29 is 0 Å². The molecule has 1 heterocycles. The lowest BCUT2D eigenvalue weighted by atomic mass is 10.6. The smallest absolute Gasteiger partial charge is 0.181 e. The summed E-state index contributed by atoms with van der Waals surface area (Å²) in [6, 6.07) is 1.82. The van der Waals surface area contributed by atoms with Crippen LogP contribution in [0.25, 0.3) is 10.4 Å². The van der Waals surface area contributed by atoms with Gasteiger partial charge < -0.3 is 0 Å². The van der Waals surface area contributed by atoms with Gasteiger partial charge in [0.2, 0.25) is 0 Å². The maximum Gasteiger partial charge on any atom is 0.181 e. The largest absolute Gasteiger partial charge is 0.224 e. The molecular formula is C4HN5S. The third-order valence-corrected chi connectivity index (χ3v) is 1.46. The maximum atomic E-state index is 8.28. The molecule has 1 aromatic heterocycles. The van der Waals surface area contributed by atoms with E-state index in [1.807, 2.05) is 6.07 Å². The van der Waals surface area contributed by atoms with Gasteiger partial charge in [0.05, 0.1) is 0 Å². The third kappa shape index (κ3) is 1.23. The minimum Gasteiger partial charge on any atom is -0.224 e. The quantitative estimate of drug-likeness (QED) is 0.349. The van der Waals surface area contributed by atoms with Gasteiger partial charge in [-0.1, -0.05) is 0 Å². The first-order chi connectivity index (χ1) is 4.86. The summed E-state index contributed by atoms with van der Waals surface area (Å²) in [6.45, 7) is 0. The van der Waals surface area contributed by atoms with Crippen molar-refractivity contribution in [3.8, 4) is 6.07 Å². The summed E-state index contributed by atoms with van der Waals surface area (Å²) in [5.74, 6) is 0. The first-order valence-corrected chi connectivity index (χ1v) is 3.15. The fourth-order valence-corrected chi connectivity index (χ4v) is 0.957. The zero-order chi connectivity index (χ0) is 7.40. The topological polar surface area (TPSA) is 85.4 Å². The number of azide groups is 1. The summed E-state index contributed by atoms with van der Waals surface area (Å²) in [5.41, 5.74) is 8.23. The van der Waals surface area contributed by atoms with Gasteiger partial charge in [-0.25, -0.2) is 4.98 Å². The van der Waals surface area contributed by atoms with E-state index in [1.165, 1.54) is 5.38 Å². The van der Waals surface area contributed by atoms with Gasteiger partial charge in [-0.15, -0.1) is 11.3 Å². The average molecular weight is 151 g/mol. The van der Waals surface area contributed by atoms with Crippen LogP contribution in [0.15, 0.2) is 10.5 Å². The molecule has 1 rings (SSSR count). The number of rotatable bonds is 1. The number of aromatic nitrogens is 1. The van der Waals surface area contributed by atoms with Crippen LogP contribution in [-0.2, 0) is 0 Å². The van der Waals surface area contributed by atoms with Gasteiger partial charge >= 0.3 is 0 Å². The Hall–Kier alpha value is -1.57. The average Bonchev–Trinajstić information content (AvgIpc) is 2.37. The van der Waals surface area contributed by atoms with Crippen molar-refractivity contribution in [1.29, 1.82) is 5.26 Å². The Morgan fingerprint density at radius 2 is 2.70 bits per heavy atom. The normalized spacial score (nSPS) is 7.90. The highest BCUT2D eigenvalue weighted by atomic mass is 32.1. The van der Waals surface area contributed by atoms with Crippen LogP contribution in [0.3, 0.4) is 0 Å². The van der Waals surface area contributed by atoms with Gasteiger partial charge in [-0.3, -0.25) is 0 Å². The molecule has 0 N–H and O–H groups in total. The number of thiazole rings is 1. The molecule has 0 amide bonds. The number of hydrogen-bond acceptors (Lipinski definition) is 4. The molecule has 0 spiro atoms. The molecule has 0 saturated heterocycles. The Labute approximate surface area is 60.2 Å². The molecule has 48 valence electrons. The summed E-state index contributed by atoms with van der Waals surface area (Å²) in [7, 11) is 0. The highest BCUT2D eigenvalue weighted by Gasteiger charge is 1.95. The van der Waals surface area contributed by atoms with Crippen LogP contribution in [0, 0.1) is 11.3 Å². The lowest BCUT2D eigenvalue weighted by Gasteiger charge is -1.71. The number of nitriles is 1. The Kier molecular flexibility index (Phi) is 1.85. The first-order valence-electron chi connectivity index (χ1n) is 2.27. The maximum absolute atomic E-state index is 8.28. The van der Waals surface area contributed by atoms with E-state index in [0.29, 0.717) is 0 Å². The van der Waals surface area contributed by atoms with E-state index >= 15 is 0 Å². The SMILES string of the molecule is N#Cc1csc(N=[N+]=[N-])n1. The van der Waals surface area contributed by atoms with E-state index in [2.05, 4.69) is 15.0 Å². The lowest BCUT2D eigenvalue weighted by molar-refractivity contribution is 1.29. The van der Waals surface area contributed by atoms with Gasteiger partial charge in [0.25, 0.3) is 0 Å². The Bertz CT molecular complexity index is 315. The molecule has 0 aliphatic carbocycles. The summed E-state index contributed by atoms with van der Waals surface area (Å²) >= 11 is 1.14. The monoisotopic (exact) mass is 151 g/mol. The van der Waals surface area contributed by atoms with Gasteiger partial charge in [0.1, 0.15) is 6.07 Å². The molecule has 0 unspecified atom stereocenters. The van der Waals surface area contributed by atoms with E-state index in [4.69, 9.17) is 10.8 Å². The minimum absolute atomic E-state index is 0.277. The Morgan fingerprint density at radius 3 is 3.20 bits per heavy atom. The van der Waals surface area contributed by atoms with Crippen LogP contribution in [-0.4, -0.2) is 4.98 Å². The van der Waals surface area contributed by atoms with Crippen molar-refractivity contribution in [2.45, 2.75) is 0 Å². The summed E-state index contributed by atoms with van der Waals surface area (Å²) in [6.07, 6.45) is 0. The van der Waals surface area contributed by atoms with E-state index < -0.39 is 0 Å². The van der Waals surface area contributed by atoms with Crippen molar-refractivity contribution >= 4 is 16.5 Å². The van der Waals surface area contributed by atoms with Crippen molar-refractivity contribution in [3.63, 3.8) is 0 Å². The fraction of sp³-hybridized carbons (Fsp3) is 0. The molecule has 0 aromatic carbocycles. The van der Waals surface area contributed by atoms with Crippen molar-refractivity contribution in [3.05, 3.63) is 21.5 Å². The fourth-order valence-electron chi connectivity index (χ4n) is 0.400. The first kappa shape index (κ1) is 6.55. The second-order valence-electron chi connectivity index (χ2n) is 1.32. The Morgan fingerprint density at radius 1 is 1.90 bits per heavy atom. The van der Waals surface area contributed by atoms with Gasteiger partial charge in [0.15, 0.2) is 10.8 Å². The predicted molar refractivity (Wildman–Crippen MR) is 35.6 cm³/mol. The van der Waals surface area contributed by atoms with Crippen LogP contribution in [0.2, 0.25) is 0 Å². The molecule has 10 heavy (non-hydrogen) atoms. The van der Waals surface area contributed by atoms with Crippen LogP contribution in [0.1, 0.15) is 5.69 Å². The molecule has 0 aliphatic heterocycles. The number of nitrogens with zero attached hydrogens (tertiary/aromatic N) is 5. The molecule has 0 bridgehead atoms. The highest BCUT2D eigenvalue weighted by Crippen LogP contribution is 2.17. The second-order valence-corrected chi connectivity index (χ2v) is 2.15. The van der Waals surface area contributed by atoms with Crippen LogP contribution in [0.5, 0.6) is 0 Å². The Balaban J connectivity index is 3.01. The van der Waals surface area contributed by atoms with Crippen molar-refractivity contribution in [2.75, 3.05) is 0 Å². The zero-order valence-electron chi connectivity index (χ0n) is 4.72. The molecule has 0 fully saturated rings. The molecule has 0 atom stereocenters. The molecule has 0 aliphatic rings. The molecule has 6 heteroatoms. The van der Waals surface area contributed by atoms with E-state index in [-0.39, 0.29) is 10.8 Å². The molecule has 1 aromatic rings. The standard InChI is InChI=1S/C4HN5S/c5-1-3-2-10-4(7-3)8-9-6/h2H. The van der Waals surface area contributed by atoms with Crippen LogP contribution >= 0.6 is 11.3 Å². The summed E-state index contributed by atoms with van der Waals surface area (Å²) < 4.78 is 0. The second kappa shape index (κ2) is 2.82. The lowest BCUT2D eigenvalue weighted by Crippen LogP contribution is -1.66. The minimum atomic E-state index is 0.277. The third-order valence-electron chi connectivity index (χ3n) is 0.737. The van der Waals surface area contributed by atoms with E-state index in [1.54, 1.807) is 0 Å². The molecular weight excluding hydrogens is 150 g/mol. The van der Waals surface area contributed by atoms with Crippen LogP contribution < -0.4 is 0 Å². The van der Waals surface area contributed by atoms with E-state index in [0.717, 1.165) is 11.3 Å². The predicted octanol–water partition coefficient (Wildman–Crippen LogP) is 1.96. The van der Waals surface area contributed by atoms with Gasteiger partial charge in [0, 0.05) is 10.3 Å². The highest BCUT2D eigenvalue weighted by molar-refractivity contribution is 7.13. The van der Waals surface area contributed by atoms with Gasteiger partial charge in [-0.2, -0.15) is 5.26 Å².